The lowest BCUT2D eigenvalue weighted by molar-refractivity contribution is 0.298. The van der Waals surface area contributed by atoms with Gasteiger partial charge in [0.1, 0.15) is 0 Å². The zero-order valence-electron chi connectivity index (χ0n) is 20.8. The van der Waals surface area contributed by atoms with Gasteiger partial charge in [-0.05, 0) is 71.8 Å². The lowest BCUT2D eigenvalue weighted by Crippen LogP contribution is -2.15. The van der Waals surface area contributed by atoms with E-state index in [0.29, 0.717) is 16.7 Å². The molecule has 0 bridgehead atoms. The molecule has 1 saturated carbocycles. The first-order valence-corrected chi connectivity index (χ1v) is 13.3. The van der Waals surface area contributed by atoms with Gasteiger partial charge in [0.2, 0.25) is 0 Å². The highest BCUT2D eigenvalue weighted by atomic mass is 19.2. The Hall–Kier alpha value is -2.48. The van der Waals surface area contributed by atoms with Crippen LogP contribution in [0.5, 0.6) is 0 Å². The molecule has 1 fully saturated rings. The van der Waals surface area contributed by atoms with Gasteiger partial charge in [0.05, 0.1) is 0 Å². The molecule has 0 spiro atoms. The second kappa shape index (κ2) is 11.8. The summed E-state index contributed by atoms with van der Waals surface area (Å²) in [6.45, 7) is 4.42. The van der Waals surface area contributed by atoms with Crippen LogP contribution in [0.2, 0.25) is 0 Å². The Bertz CT molecular complexity index is 1040. The van der Waals surface area contributed by atoms with E-state index in [1.165, 1.54) is 31.2 Å². The predicted molar refractivity (Wildman–Crippen MR) is 140 cm³/mol. The zero-order chi connectivity index (χ0) is 23.9. The molecule has 0 aromatic heterocycles. The Morgan fingerprint density at radius 3 is 1.88 bits per heavy atom. The summed E-state index contributed by atoms with van der Waals surface area (Å²) < 4.78 is 30.3. The van der Waals surface area contributed by atoms with Gasteiger partial charge in [0.25, 0.3) is 0 Å². The quantitative estimate of drug-likeness (QED) is 0.279. The van der Waals surface area contributed by atoms with Crippen molar-refractivity contribution in [3.05, 3.63) is 83.4 Å². The minimum atomic E-state index is -0.709. The average Bonchev–Trinajstić information content (AvgIpc) is 2.87. The molecule has 0 radical (unpaired) electrons. The molecule has 1 aliphatic rings. The molecule has 0 heterocycles. The third kappa shape index (κ3) is 5.77. The number of hydrogen-bond donors (Lipinski definition) is 0. The first-order chi connectivity index (χ1) is 16.6. The van der Waals surface area contributed by atoms with E-state index in [9.17, 15) is 0 Å². The minimum Gasteiger partial charge on any atom is -0.203 e. The molecule has 0 saturated heterocycles. The van der Waals surface area contributed by atoms with Gasteiger partial charge in [0, 0.05) is 5.56 Å². The first-order valence-electron chi connectivity index (χ1n) is 13.3. The van der Waals surface area contributed by atoms with Gasteiger partial charge in [-0.15, -0.1) is 0 Å². The van der Waals surface area contributed by atoms with Gasteiger partial charge in [-0.1, -0.05) is 107 Å². The number of aryl methyl sites for hydroxylation is 1. The molecule has 0 atom stereocenters. The van der Waals surface area contributed by atoms with Crippen LogP contribution in [0.4, 0.5) is 8.78 Å². The van der Waals surface area contributed by atoms with Crippen molar-refractivity contribution in [2.45, 2.75) is 84.0 Å². The van der Waals surface area contributed by atoms with Crippen LogP contribution < -0.4 is 0 Å². The summed E-state index contributed by atoms with van der Waals surface area (Å²) in [5, 5.41) is 0. The topological polar surface area (TPSA) is 0 Å². The van der Waals surface area contributed by atoms with Crippen LogP contribution in [0.1, 0.15) is 88.7 Å². The summed E-state index contributed by atoms with van der Waals surface area (Å²) in [7, 11) is 0. The van der Waals surface area contributed by atoms with Crippen molar-refractivity contribution >= 4 is 0 Å². The summed E-state index contributed by atoms with van der Waals surface area (Å²) in [6, 6.07) is 20.0. The van der Waals surface area contributed by atoms with Crippen molar-refractivity contribution in [1.82, 2.24) is 0 Å². The lowest BCUT2D eigenvalue weighted by Gasteiger charge is -2.29. The molecule has 34 heavy (non-hydrogen) atoms. The number of hydrogen-bond acceptors (Lipinski definition) is 0. The third-order valence-corrected chi connectivity index (χ3v) is 7.64. The summed E-state index contributed by atoms with van der Waals surface area (Å²) in [5.74, 6) is -0.456. The van der Waals surface area contributed by atoms with Crippen LogP contribution in [0.15, 0.2) is 60.7 Å². The Morgan fingerprint density at radius 2 is 1.26 bits per heavy atom. The number of halogens is 2. The molecule has 0 N–H and O–H groups in total. The van der Waals surface area contributed by atoms with Crippen LogP contribution in [-0.4, -0.2) is 0 Å². The third-order valence-electron chi connectivity index (χ3n) is 7.64. The van der Waals surface area contributed by atoms with Gasteiger partial charge in [-0.2, -0.15) is 0 Å². The van der Waals surface area contributed by atoms with E-state index in [4.69, 9.17) is 0 Å². The van der Waals surface area contributed by atoms with Gasteiger partial charge in [-0.25, -0.2) is 8.78 Å². The minimum absolute atomic E-state index is 0.143. The standard InChI is InChI=1S/C32H38F2/c1-3-5-6-8-24-11-15-27(16-12-24)29-21-22-30(32(34)31(29)33)28-19-17-26(18-20-28)25-13-9-23(7-4-2)10-14-25/h9-10,13-14,17-22,24,27H,3-8,11-12,15-16H2,1-2H3. The van der Waals surface area contributed by atoms with E-state index in [1.807, 2.05) is 30.3 Å². The molecule has 3 aromatic rings. The molecule has 180 valence electrons. The molecular formula is C32H38F2. The van der Waals surface area contributed by atoms with E-state index in [0.717, 1.165) is 55.6 Å². The molecule has 0 unspecified atom stereocenters. The molecule has 1 aliphatic carbocycles. The smallest absolute Gasteiger partial charge is 0.166 e. The van der Waals surface area contributed by atoms with E-state index >= 15 is 8.78 Å². The summed E-state index contributed by atoms with van der Waals surface area (Å²) in [5.41, 5.74) is 5.19. The van der Waals surface area contributed by atoms with E-state index in [-0.39, 0.29) is 5.92 Å². The molecular weight excluding hydrogens is 422 g/mol. The normalized spacial score (nSPS) is 18.2. The van der Waals surface area contributed by atoms with Crippen LogP contribution >= 0.6 is 0 Å². The maximum Gasteiger partial charge on any atom is 0.166 e. The Morgan fingerprint density at radius 1 is 0.647 bits per heavy atom. The number of benzene rings is 3. The van der Waals surface area contributed by atoms with E-state index in [2.05, 4.69) is 38.1 Å². The second-order valence-electron chi connectivity index (χ2n) is 10.1. The fourth-order valence-corrected chi connectivity index (χ4v) is 5.54. The van der Waals surface area contributed by atoms with Gasteiger partial charge in [0.15, 0.2) is 11.6 Å². The highest BCUT2D eigenvalue weighted by molar-refractivity contribution is 5.71. The van der Waals surface area contributed by atoms with Crippen LogP contribution in [0.3, 0.4) is 0 Å². The van der Waals surface area contributed by atoms with Crippen molar-refractivity contribution in [3.8, 4) is 22.3 Å². The summed E-state index contributed by atoms with van der Waals surface area (Å²) in [4.78, 5) is 0. The molecule has 0 aliphatic heterocycles. The predicted octanol–water partition coefficient (Wildman–Crippen LogP) is 10.1. The fourth-order valence-electron chi connectivity index (χ4n) is 5.54. The van der Waals surface area contributed by atoms with Gasteiger partial charge < -0.3 is 0 Å². The van der Waals surface area contributed by atoms with Gasteiger partial charge >= 0.3 is 0 Å². The molecule has 4 rings (SSSR count). The highest BCUT2D eigenvalue weighted by Crippen LogP contribution is 2.40. The first kappa shape index (κ1) is 24.6. The van der Waals surface area contributed by atoms with Crippen molar-refractivity contribution in [2.75, 3.05) is 0 Å². The molecule has 0 amide bonds. The van der Waals surface area contributed by atoms with Crippen molar-refractivity contribution < 1.29 is 8.78 Å². The highest BCUT2D eigenvalue weighted by Gasteiger charge is 2.26. The largest absolute Gasteiger partial charge is 0.203 e. The summed E-state index contributed by atoms with van der Waals surface area (Å²) in [6.07, 6.45) is 11.6. The van der Waals surface area contributed by atoms with E-state index in [1.54, 1.807) is 6.07 Å². The van der Waals surface area contributed by atoms with Crippen LogP contribution in [0, 0.1) is 17.6 Å². The Kier molecular flexibility index (Phi) is 8.53. The Labute approximate surface area is 204 Å². The average molecular weight is 461 g/mol. The fraction of sp³-hybridized carbons (Fsp3) is 0.438. The SMILES string of the molecule is CCCCCC1CCC(c2ccc(-c3ccc(-c4ccc(CCC)cc4)cc3)c(F)c2F)CC1. The maximum atomic E-state index is 15.2. The van der Waals surface area contributed by atoms with Crippen molar-refractivity contribution in [2.24, 2.45) is 5.92 Å². The van der Waals surface area contributed by atoms with Crippen molar-refractivity contribution in [1.29, 1.82) is 0 Å². The monoisotopic (exact) mass is 460 g/mol. The van der Waals surface area contributed by atoms with Crippen LogP contribution in [0.25, 0.3) is 22.3 Å². The van der Waals surface area contributed by atoms with E-state index < -0.39 is 11.6 Å². The molecule has 0 nitrogen and oxygen atoms in total. The number of rotatable bonds is 9. The van der Waals surface area contributed by atoms with Crippen LogP contribution in [-0.2, 0) is 6.42 Å². The maximum absolute atomic E-state index is 15.2. The summed E-state index contributed by atoms with van der Waals surface area (Å²) >= 11 is 0. The van der Waals surface area contributed by atoms with Gasteiger partial charge in [-0.3, -0.25) is 0 Å². The van der Waals surface area contributed by atoms with Crippen molar-refractivity contribution in [3.63, 3.8) is 0 Å². The Balaban J connectivity index is 1.45. The molecule has 3 aromatic carbocycles. The second-order valence-corrected chi connectivity index (χ2v) is 10.1. The molecule has 2 heteroatoms. The lowest BCUT2D eigenvalue weighted by atomic mass is 9.76. The number of unbranched alkanes of at least 4 members (excludes halogenated alkanes) is 2. The zero-order valence-corrected chi connectivity index (χ0v) is 20.8.